The van der Waals surface area contributed by atoms with E-state index in [1.165, 1.54) is 11.1 Å². The summed E-state index contributed by atoms with van der Waals surface area (Å²) in [5, 5.41) is 5.70. The van der Waals surface area contributed by atoms with Crippen molar-refractivity contribution in [2.24, 2.45) is 0 Å². The van der Waals surface area contributed by atoms with Gasteiger partial charge in [-0.15, -0.1) is 0 Å². The number of alkyl halides is 2. The van der Waals surface area contributed by atoms with E-state index in [9.17, 15) is 9.59 Å². The largest absolute Gasteiger partial charge is 0.379 e. The number of fused-ring (bicyclic) bond motifs is 1. The van der Waals surface area contributed by atoms with Crippen molar-refractivity contribution < 1.29 is 14.3 Å². The summed E-state index contributed by atoms with van der Waals surface area (Å²) >= 11 is 11.4. The van der Waals surface area contributed by atoms with Crippen LogP contribution in [0.4, 0.5) is 11.4 Å². The highest BCUT2D eigenvalue weighted by Crippen LogP contribution is 2.30. The minimum absolute atomic E-state index is 0.179. The van der Waals surface area contributed by atoms with Gasteiger partial charge in [0.2, 0.25) is 0 Å². The smallest absolute Gasteiger partial charge is 0.257 e. The van der Waals surface area contributed by atoms with Crippen LogP contribution in [0, 0.1) is 0 Å². The summed E-state index contributed by atoms with van der Waals surface area (Å²) in [5.41, 5.74) is 4.41. The second kappa shape index (κ2) is 11.2. The Hall–Kier alpha value is -2.32. The summed E-state index contributed by atoms with van der Waals surface area (Å²) in [6, 6.07) is 13.7. The van der Waals surface area contributed by atoms with Gasteiger partial charge in [0.1, 0.15) is 0 Å². The molecule has 0 radical (unpaired) electrons. The van der Waals surface area contributed by atoms with Crippen molar-refractivity contribution in [2.45, 2.75) is 17.8 Å². The fourth-order valence-electron chi connectivity index (χ4n) is 4.22. The third kappa shape index (κ3) is 6.18. The Labute approximate surface area is 204 Å². The number of nitrogens with zero attached hydrogens (tertiary/aromatic N) is 2. The van der Waals surface area contributed by atoms with Crippen LogP contribution >= 0.6 is 23.2 Å². The normalized spacial score (nSPS) is 16.4. The number of carbonyl (C=O) groups excluding carboxylic acids is 2. The summed E-state index contributed by atoms with van der Waals surface area (Å²) in [6.07, 6.45) is 0.910. The maximum absolute atomic E-state index is 13.2. The number of morpholine rings is 1. The SMILES string of the molecule is O=C(NCCN1CCOCC1)c1cc(NC(=O)C(Cl)Cl)ccc1N1CCc2ccccc2C1. The average molecular weight is 491 g/mol. The molecule has 1 fully saturated rings. The van der Waals surface area contributed by atoms with Gasteiger partial charge in [-0.3, -0.25) is 14.5 Å². The highest BCUT2D eigenvalue weighted by atomic mass is 35.5. The zero-order chi connectivity index (χ0) is 23.2. The van der Waals surface area contributed by atoms with E-state index in [0.29, 0.717) is 17.8 Å². The minimum Gasteiger partial charge on any atom is -0.379 e. The van der Waals surface area contributed by atoms with Crippen molar-refractivity contribution in [2.75, 3.05) is 56.2 Å². The molecular formula is C24H28Cl2N4O3. The number of amides is 2. The highest BCUT2D eigenvalue weighted by Gasteiger charge is 2.23. The third-order valence-electron chi connectivity index (χ3n) is 6.00. The topological polar surface area (TPSA) is 73.9 Å². The molecule has 0 spiro atoms. The maximum Gasteiger partial charge on any atom is 0.257 e. The number of hydrogen-bond donors (Lipinski definition) is 2. The second-order valence-corrected chi connectivity index (χ2v) is 9.27. The lowest BCUT2D eigenvalue weighted by atomic mass is 9.98. The molecular weight excluding hydrogens is 463 g/mol. The molecule has 0 aromatic heterocycles. The van der Waals surface area contributed by atoms with Crippen LogP contribution in [-0.4, -0.2) is 67.5 Å². The minimum atomic E-state index is -1.19. The van der Waals surface area contributed by atoms with E-state index in [4.69, 9.17) is 27.9 Å². The summed E-state index contributed by atoms with van der Waals surface area (Å²) < 4.78 is 5.38. The van der Waals surface area contributed by atoms with Gasteiger partial charge in [0.25, 0.3) is 11.8 Å². The Kier molecular flexibility index (Phi) is 8.09. The highest BCUT2D eigenvalue weighted by molar-refractivity contribution is 6.54. The maximum atomic E-state index is 13.2. The third-order valence-corrected chi connectivity index (χ3v) is 6.39. The lowest BCUT2D eigenvalue weighted by molar-refractivity contribution is -0.114. The van der Waals surface area contributed by atoms with Crippen molar-refractivity contribution in [1.82, 2.24) is 10.2 Å². The lowest BCUT2D eigenvalue weighted by Crippen LogP contribution is -2.41. The van der Waals surface area contributed by atoms with Crippen LogP contribution in [0.15, 0.2) is 42.5 Å². The van der Waals surface area contributed by atoms with Gasteiger partial charge >= 0.3 is 0 Å². The molecule has 0 unspecified atom stereocenters. The molecule has 7 nitrogen and oxygen atoms in total. The van der Waals surface area contributed by atoms with Crippen molar-refractivity contribution >= 4 is 46.4 Å². The molecule has 0 saturated carbocycles. The number of carbonyl (C=O) groups is 2. The molecule has 0 bridgehead atoms. The monoisotopic (exact) mass is 490 g/mol. The van der Waals surface area contributed by atoms with Gasteiger partial charge in [-0.1, -0.05) is 47.5 Å². The van der Waals surface area contributed by atoms with E-state index in [1.54, 1.807) is 12.1 Å². The number of hydrogen-bond acceptors (Lipinski definition) is 5. The molecule has 2 heterocycles. The first-order valence-electron chi connectivity index (χ1n) is 11.1. The molecule has 1 saturated heterocycles. The van der Waals surface area contributed by atoms with Gasteiger partial charge in [0.05, 0.1) is 18.8 Å². The standard InChI is InChI=1S/C24H28Cl2N4O3/c25-22(26)24(32)28-19-5-6-21(30-9-7-17-3-1-2-4-18(17)16-30)20(15-19)23(31)27-8-10-29-11-13-33-14-12-29/h1-6,15,22H,7-14,16H2,(H,27,31)(H,28,32). The van der Waals surface area contributed by atoms with Crippen LogP contribution in [0.3, 0.4) is 0 Å². The van der Waals surface area contributed by atoms with Crippen LogP contribution in [0.1, 0.15) is 21.5 Å². The molecule has 0 aliphatic carbocycles. The van der Waals surface area contributed by atoms with Crippen molar-refractivity contribution in [3.63, 3.8) is 0 Å². The zero-order valence-corrected chi connectivity index (χ0v) is 19.9. The number of ether oxygens (including phenoxy) is 1. The Morgan fingerprint density at radius 1 is 1.03 bits per heavy atom. The van der Waals surface area contributed by atoms with Crippen molar-refractivity contribution in [3.05, 3.63) is 59.2 Å². The molecule has 9 heteroatoms. The molecule has 2 aromatic rings. The Morgan fingerprint density at radius 3 is 2.55 bits per heavy atom. The van der Waals surface area contributed by atoms with Crippen LogP contribution in [0.5, 0.6) is 0 Å². The van der Waals surface area contributed by atoms with E-state index in [0.717, 1.165) is 58.0 Å². The molecule has 0 atom stereocenters. The van der Waals surface area contributed by atoms with Crippen LogP contribution in [-0.2, 0) is 22.5 Å². The summed E-state index contributed by atoms with van der Waals surface area (Å²) in [7, 11) is 0. The molecule has 2 aliphatic heterocycles. The van der Waals surface area contributed by atoms with Gasteiger partial charge in [-0.25, -0.2) is 0 Å². The summed E-state index contributed by atoms with van der Waals surface area (Å²) in [4.78, 5) is 28.5. The van der Waals surface area contributed by atoms with Crippen LogP contribution in [0.25, 0.3) is 0 Å². The number of anilines is 2. The van der Waals surface area contributed by atoms with Gasteiger partial charge < -0.3 is 20.3 Å². The molecule has 2 N–H and O–H groups in total. The van der Waals surface area contributed by atoms with Gasteiger partial charge in [-0.05, 0) is 35.7 Å². The summed E-state index contributed by atoms with van der Waals surface area (Å²) in [5.74, 6) is -0.710. The van der Waals surface area contributed by atoms with E-state index in [2.05, 4.69) is 38.6 Å². The van der Waals surface area contributed by atoms with Crippen LogP contribution < -0.4 is 15.5 Å². The lowest BCUT2D eigenvalue weighted by Gasteiger charge is -2.32. The molecule has 33 heavy (non-hydrogen) atoms. The van der Waals surface area contributed by atoms with Gasteiger partial charge in [-0.2, -0.15) is 0 Å². The number of rotatable bonds is 7. The first kappa shape index (κ1) is 23.8. The fourth-order valence-corrected chi connectivity index (χ4v) is 4.33. The van der Waals surface area contributed by atoms with Crippen molar-refractivity contribution in [3.8, 4) is 0 Å². The van der Waals surface area contributed by atoms with E-state index in [1.807, 2.05) is 12.1 Å². The van der Waals surface area contributed by atoms with E-state index >= 15 is 0 Å². The number of benzene rings is 2. The van der Waals surface area contributed by atoms with Crippen molar-refractivity contribution in [1.29, 1.82) is 0 Å². The van der Waals surface area contributed by atoms with Gasteiger partial charge in [0, 0.05) is 50.6 Å². The predicted octanol–water partition coefficient (Wildman–Crippen LogP) is 3.05. The Bertz CT molecular complexity index is 995. The molecule has 2 amide bonds. The summed E-state index contributed by atoms with van der Waals surface area (Å²) in [6.45, 7) is 6.00. The molecule has 2 aromatic carbocycles. The van der Waals surface area contributed by atoms with E-state index < -0.39 is 10.7 Å². The quantitative estimate of drug-likeness (QED) is 0.583. The fraction of sp³-hybridized carbons (Fsp3) is 0.417. The van der Waals surface area contributed by atoms with Gasteiger partial charge in [0.15, 0.2) is 4.84 Å². The first-order valence-corrected chi connectivity index (χ1v) is 12.0. The van der Waals surface area contributed by atoms with E-state index in [-0.39, 0.29) is 5.91 Å². The average Bonchev–Trinajstić information content (AvgIpc) is 2.84. The Balaban J connectivity index is 1.52. The predicted molar refractivity (Wildman–Crippen MR) is 131 cm³/mol. The molecule has 4 rings (SSSR count). The molecule has 176 valence electrons. The second-order valence-electron chi connectivity index (χ2n) is 8.17. The zero-order valence-electron chi connectivity index (χ0n) is 18.4. The molecule has 2 aliphatic rings. The number of nitrogens with one attached hydrogen (secondary N) is 2. The number of halogens is 2. The Morgan fingerprint density at radius 2 is 1.79 bits per heavy atom. The van der Waals surface area contributed by atoms with Crippen LogP contribution in [0.2, 0.25) is 0 Å². The first-order chi connectivity index (χ1) is 16.0.